The van der Waals surface area contributed by atoms with Gasteiger partial charge in [0.1, 0.15) is 5.58 Å². The minimum absolute atomic E-state index is 0.186. The Kier molecular flexibility index (Phi) is 4.41. The summed E-state index contributed by atoms with van der Waals surface area (Å²) in [6.07, 6.45) is 1.76. The molecule has 0 atom stereocenters. The van der Waals surface area contributed by atoms with Crippen molar-refractivity contribution in [2.24, 2.45) is 0 Å². The molecule has 48 heavy (non-hydrogen) atoms. The molecule has 0 bridgehead atoms. The maximum atomic E-state index is 9.17. The molecule has 2 heteroatoms. The number of rotatable bonds is 4. The van der Waals surface area contributed by atoms with Crippen molar-refractivity contribution in [2.75, 3.05) is 0 Å². The second kappa shape index (κ2) is 10.6. The highest BCUT2D eigenvalue weighted by Crippen LogP contribution is 2.44. The van der Waals surface area contributed by atoms with E-state index in [1.807, 2.05) is 72.8 Å². The summed E-state index contributed by atoms with van der Waals surface area (Å²) in [5.41, 5.74) is 7.65. The van der Waals surface area contributed by atoms with Crippen LogP contribution in [0.4, 0.5) is 0 Å². The molecule has 2 heterocycles. The van der Waals surface area contributed by atoms with E-state index in [1.165, 1.54) is 0 Å². The van der Waals surface area contributed by atoms with Crippen molar-refractivity contribution in [3.63, 3.8) is 0 Å². The van der Waals surface area contributed by atoms with Crippen LogP contribution >= 0.6 is 0 Å². The molecule has 2 nitrogen and oxygen atoms in total. The third-order valence-corrected chi connectivity index (χ3v) is 9.21. The van der Waals surface area contributed by atoms with Gasteiger partial charge in [-0.2, -0.15) is 0 Å². The molecule has 0 aliphatic carbocycles. The van der Waals surface area contributed by atoms with E-state index in [9.17, 15) is 2.74 Å². The van der Waals surface area contributed by atoms with E-state index in [4.69, 9.17) is 17.1 Å². The Morgan fingerprint density at radius 2 is 0.917 bits per heavy atom. The minimum atomic E-state index is -0.427. The molecule has 0 amide bonds. The molecule has 0 spiro atoms. The summed E-state index contributed by atoms with van der Waals surface area (Å²) in [7, 11) is 0. The fraction of sp³-hybridized carbons (Fsp3) is 0. The Balaban J connectivity index is 1.18. The van der Waals surface area contributed by atoms with Crippen LogP contribution in [0.25, 0.3) is 99.0 Å². The fourth-order valence-electron chi connectivity index (χ4n) is 6.98. The molecule has 0 fully saturated rings. The van der Waals surface area contributed by atoms with Gasteiger partial charge in [0, 0.05) is 21.7 Å². The van der Waals surface area contributed by atoms with Gasteiger partial charge in [-0.25, -0.2) is 0 Å². The van der Waals surface area contributed by atoms with Crippen LogP contribution in [0.15, 0.2) is 179 Å². The average molecular weight is 621 g/mol. The smallest absolute Gasteiger partial charge is 0.178 e. The maximum Gasteiger partial charge on any atom is 0.178 e. The van der Waals surface area contributed by atoms with Crippen molar-refractivity contribution in [2.45, 2.75) is 0 Å². The summed E-state index contributed by atoms with van der Waals surface area (Å²) in [6.45, 7) is 0. The summed E-state index contributed by atoms with van der Waals surface area (Å²) in [5, 5.41) is 3.55. The van der Waals surface area contributed by atoms with Gasteiger partial charge in [0.15, 0.2) is 11.2 Å². The lowest BCUT2D eigenvalue weighted by Crippen LogP contribution is -1.90. The molecule has 0 saturated heterocycles. The summed E-state index contributed by atoms with van der Waals surface area (Å²) < 4.78 is 83.6. The molecule has 8 aromatic carbocycles. The van der Waals surface area contributed by atoms with Gasteiger partial charge in [-0.05, 0) is 84.8 Å². The Hall–Kier alpha value is -6.38. The van der Waals surface area contributed by atoms with Crippen molar-refractivity contribution >= 4 is 54.5 Å². The lowest BCUT2D eigenvalue weighted by atomic mass is 9.86. The zero-order valence-electron chi connectivity index (χ0n) is 33.4. The van der Waals surface area contributed by atoms with Gasteiger partial charge in [-0.15, -0.1) is 0 Å². The van der Waals surface area contributed by atoms with Crippen LogP contribution in [0.2, 0.25) is 0 Å². The number of hydrogen-bond acceptors (Lipinski definition) is 2. The second-order valence-electron chi connectivity index (χ2n) is 11.8. The number of benzene rings is 8. The van der Waals surface area contributed by atoms with Crippen molar-refractivity contribution in [1.82, 2.24) is 0 Å². The van der Waals surface area contributed by atoms with Crippen LogP contribution in [0, 0.1) is 0 Å². The highest BCUT2D eigenvalue weighted by Gasteiger charge is 2.18. The summed E-state index contributed by atoms with van der Waals surface area (Å²) in [4.78, 5) is 0. The predicted molar refractivity (Wildman–Crippen MR) is 200 cm³/mol. The van der Waals surface area contributed by atoms with E-state index in [0.29, 0.717) is 39.0 Å². The standard InChI is InChI=1S/C46H28O2/c1-3-11-30(12-4-1)41-28-47-45-39(41)25-24-38-40-27-33(23-26-42(40)48-46(38)45)29-19-21-32(22-20-29)44-36-17-9-7-15-34(36)43(31-13-5-2-6-14-31)35-16-8-10-18-37(35)44/h1-28H/i7D,8D,9D,10D,15D,16D,17D,18D. The van der Waals surface area contributed by atoms with Gasteiger partial charge >= 0.3 is 0 Å². The first-order valence-corrected chi connectivity index (χ1v) is 15.7. The van der Waals surface area contributed by atoms with Gasteiger partial charge in [0.25, 0.3) is 0 Å². The molecule has 2 aromatic heterocycles. The van der Waals surface area contributed by atoms with Crippen LogP contribution in [0.3, 0.4) is 0 Å². The minimum Gasteiger partial charge on any atom is -0.460 e. The average Bonchev–Trinajstić information content (AvgIpc) is 3.85. The molecular weight excluding hydrogens is 585 g/mol. The predicted octanol–water partition coefficient (Wildman–Crippen LogP) is 13.3. The van der Waals surface area contributed by atoms with Gasteiger partial charge in [-0.1, -0.05) is 139 Å². The monoisotopic (exact) mass is 620 g/mol. The highest BCUT2D eigenvalue weighted by atomic mass is 16.4. The van der Waals surface area contributed by atoms with E-state index in [1.54, 1.807) is 30.5 Å². The second-order valence-corrected chi connectivity index (χ2v) is 11.8. The topological polar surface area (TPSA) is 26.3 Å². The van der Waals surface area contributed by atoms with Crippen molar-refractivity contribution in [3.05, 3.63) is 170 Å². The lowest BCUT2D eigenvalue weighted by molar-refractivity contribution is 0.600. The van der Waals surface area contributed by atoms with Gasteiger partial charge in [-0.3, -0.25) is 0 Å². The maximum absolute atomic E-state index is 9.17. The SMILES string of the molecule is [2H]c1c([2H])c([2H])c2c(-c3ccc(-c4ccc5oc6c(ccc7c(-c8ccccc8)coc76)c5c4)cc3)c3c([2H])c([2H])c([2H])c([2H])c3c(-c3ccccc3)c2c1[2H]. The van der Waals surface area contributed by atoms with Crippen molar-refractivity contribution in [3.8, 4) is 44.5 Å². The van der Waals surface area contributed by atoms with Crippen LogP contribution in [-0.2, 0) is 0 Å². The third-order valence-electron chi connectivity index (χ3n) is 9.21. The largest absolute Gasteiger partial charge is 0.460 e. The lowest BCUT2D eigenvalue weighted by Gasteiger charge is -2.18. The fourth-order valence-corrected chi connectivity index (χ4v) is 6.98. The molecule has 0 N–H and O–H groups in total. The summed E-state index contributed by atoms with van der Waals surface area (Å²) in [5.74, 6) is 0. The molecule has 10 rings (SSSR count). The van der Waals surface area contributed by atoms with Crippen LogP contribution < -0.4 is 0 Å². The highest BCUT2D eigenvalue weighted by molar-refractivity contribution is 6.21. The molecular formula is C46H28O2. The van der Waals surface area contributed by atoms with Gasteiger partial charge in [0.2, 0.25) is 0 Å². The Bertz CT molecular complexity index is 3180. The summed E-state index contributed by atoms with van der Waals surface area (Å²) in [6, 6.07) is 33.8. The van der Waals surface area contributed by atoms with Crippen LogP contribution in [-0.4, -0.2) is 0 Å². The Morgan fingerprint density at radius 1 is 0.396 bits per heavy atom. The van der Waals surface area contributed by atoms with Crippen LogP contribution in [0.5, 0.6) is 0 Å². The number of hydrogen-bond donors (Lipinski definition) is 0. The van der Waals surface area contributed by atoms with Crippen molar-refractivity contribution in [1.29, 1.82) is 0 Å². The number of fused-ring (bicyclic) bond motifs is 7. The first-order valence-electron chi connectivity index (χ1n) is 19.7. The van der Waals surface area contributed by atoms with E-state index in [2.05, 4.69) is 18.2 Å². The molecule has 0 saturated carbocycles. The Labute approximate surface area is 288 Å². The zero-order chi connectivity index (χ0) is 38.6. The third kappa shape index (κ3) is 4.06. The molecule has 0 unspecified atom stereocenters. The quantitative estimate of drug-likeness (QED) is 0.183. The first kappa shape index (κ1) is 20.0. The van der Waals surface area contributed by atoms with E-state index >= 15 is 0 Å². The van der Waals surface area contributed by atoms with Gasteiger partial charge < -0.3 is 8.83 Å². The molecule has 224 valence electrons. The van der Waals surface area contributed by atoms with E-state index < -0.39 is 24.2 Å². The Morgan fingerprint density at radius 3 is 1.54 bits per heavy atom. The van der Waals surface area contributed by atoms with Crippen molar-refractivity contribution < 1.29 is 19.8 Å². The molecule has 0 aliphatic heterocycles. The summed E-state index contributed by atoms with van der Waals surface area (Å²) >= 11 is 0. The molecule has 10 aromatic rings. The first-order chi connectivity index (χ1) is 27.1. The van der Waals surface area contributed by atoms with E-state index in [0.717, 1.165) is 38.4 Å². The number of furan rings is 2. The van der Waals surface area contributed by atoms with E-state index in [-0.39, 0.29) is 45.7 Å². The van der Waals surface area contributed by atoms with Gasteiger partial charge in [0.05, 0.1) is 17.2 Å². The van der Waals surface area contributed by atoms with Crippen LogP contribution in [0.1, 0.15) is 11.0 Å². The zero-order valence-corrected chi connectivity index (χ0v) is 25.4. The normalized spacial score (nSPS) is 14.1. The molecule has 0 aliphatic rings. The molecule has 0 radical (unpaired) electrons.